The normalized spacial score (nSPS) is 12.7. The molecule has 3 N–H and O–H groups in total. The number of carboxylic acids is 1. The molecule has 0 bridgehead atoms. The Hall–Kier alpha value is -6.48. The monoisotopic (exact) mass is 676 g/mol. The van der Waals surface area contributed by atoms with Crippen molar-refractivity contribution in [1.29, 1.82) is 0 Å². The van der Waals surface area contributed by atoms with Crippen LogP contribution in [0.25, 0.3) is 11.1 Å². The Balaban J connectivity index is 1.03. The number of alkyl carbamates (subject to hydrolysis) is 1. The lowest BCUT2D eigenvalue weighted by atomic mass is 9.77. The van der Waals surface area contributed by atoms with Crippen LogP contribution in [0.3, 0.4) is 0 Å². The molecule has 1 aliphatic rings. The Morgan fingerprint density at radius 1 is 0.725 bits per heavy atom. The number of ether oxygens (including phenoxy) is 1. The number of fused-ring (bicyclic) bond motifs is 3. The molecule has 1 aliphatic carbocycles. The van der Waals surface area contributed by atoms with Gasteiger partial charge in [-0.2, -0.15) is 0 Å². The van der Waals surface area contributed by atoms with Crippen LogP contribution < -0.4 is 10.6 Å². The Labute approximate surface area is 295 Å². The van der Waals surface area contributed by atoms with Gasteiger partial charge in [0.2, 0.25) is 5.91 Å². The summed E-state index contributed by atoms with van der Waals surface area (Å²) in [6.45, 7) is -0.355. The van der Waals surface area contributed by atoms with Crippen LogP contribution in [0.2, 0.25) is 0 Å². The van der Waals surface area contributed by atoms with E-state index in [2.05, 4.69) is 52.0 Å². The van der Waals surface area contributed by atoms with Gasteiger partial charge in [0.15, 0.2) is 0 Å². The van der Waals surface area contributed by atoms with Gasteiger partial charge in [0.1, 0.15) is 24.7 Å². The van der Waals surface area contributed by atoms with Crippen LogP contribution in [0.1, 0.15) is 39.4 Å². The maximum Gasteiger partial charge on any atom is 0.407 e. The molecule has 1 heterocycles. The number of nitrogens with one attached hydrogen (secondary N) is 2. The zero-order valence-corrected chi connectivity index (χ0v) is 27.7. The molecule has 1 aromatic heterocycles. The van der Waals surface area contributed by atoms with Crippen molar-refractivity contribution in [1.82, 2.24) is 20.2 Å². The fraction of sp³-hybridized carbons (Fsp3) is 0.143. The number of benzene rings is 5. The predicted molar refractivity (Wildman–Crippen MR) is 193 cm³/mol. The van der Waals surface area contributed by atoms with Gasteiger partial charge >= 0.3 is 12.1 Å². The standard InChI is InChI=1S/C42H36N4O5/c47-39(25-43-41(50)51-27-37-35-22-12-10-20-33(35)34-21-11-13-23-36(34)37)45-38(40(48)49)24-32-26-46(28-44-32)42(29-14-4-1-5-15-29,30-16-6-2-7-17-30)31-18-8-3-9-19-31/h1-23,26,28,37-38H,24-25,27H2,(H,43,50)(H,45,47)(H,48,49)/t38-/m0/s1. The maximum atomic E-state index is 12.9. The summed E-state index contributed by atoms with van der Waals surface area (Å²) in [4.78, 5) is 42.5. The summed E-state index contributed by atoms with van der Waals surface area (Å²) in [6.07, 6.45) is 2.68. The SMILES string of the molecule is O=C(CNC(=O)OCC1c2ccccc2-c2ccccc21)N[C@@H](Cc1cn(C(c2ccccc2)(c2ccccc2)c2ccccc2)cn1)C(=O)O. The highest BCUT2D eigenvalue weighted by Gasteiger charge is 2.38. The molecule has 0 spiro atoms. The van der Waals surface area contributed by atoms with E-state index in [1.54, 1.807) is 6.33 Å². The Kier molecular flexibility index (Phi) is 9.43. The minimum Gasteiger partial charge on any atom is -0.480 e. The number of carbonyl (C=O) groups excluding carboxylic acids is 2. The average Bonchev–Trinajstić information content (AvgIpc) is 3.77. The predicted octanol–water partition coefficient (Wildman–Crippen LogP) is 6.37. The fourth-order valence-corrected chi connectivity index (χ4v) is 7.09. The summed E-state index contributed by atoms with van der Waals surface area (Å²) >= 11 is 0. The number of aliphatic carboxylic acids is 1. The molecule has 0 aliphatic heterocycles. The summed E-state index contributed by atoms with van der Waals surface area (Å²) < 4.78 is 7.51. The molecule has 0 fully saturated rings. The largest absolute Gasteiger partial charge is 0.480 e. The van der Waals surface area contributed by atoms with Crippen LogP contribution in [0, 0.1) is 0 Å². The molecule has 6 aromatic rings. The van der Waals surface area contributed by atoms with Crippen LogP contribution in [0.5, 0.6) is 0 Å². The Morgan fingerprint density at radius 3 is 1.73 bits per heavy atom. The number of imidazole rings is 1. The van der Waals surface area contributed by atoms with Crippen molar-refractivity contribution >= 4 is 18.0 Å². The number of aromatic nitrogens is 2. The molecule has 0 radical (unpaired) electrons. The Morgan fingerprint density at radius 2 is 1.22 bits per heavy atom. The number of hydrogen-bond donors (Lipinski definition) is 3. The van der Waals surface area contributed by atoms with Gasteiger partial charge in [0.05, 0.1) is 12.0 Å². The summed E-state index contributed by atoms with van der Waals surface area (Å²) in [6, 6.07) is 44.9. The first kappa shape index (κ1) is 33.0. The van der Waals surface area contributed by atoms with Crippen molar-refractivity contribution < 1.29 is 24.2 Å². The zero-order valence-electron chi connectivity index (χ0n) is 27.7. The van der Waals surface area contributed by atoms with Crippen molar-refractivity contribution in [2.24, 2.45) is 0 Å². The van der Waals surface area contributed by atoms with Crippen molar-refractivity contribution in [2.45, 2.75) is 23.9 Å². The number of rotatable bonds is 12. The second kappa shape index (κ2) is 14.6. The molecular formula is C42H36N4O5. The molecule has 254 valence electrons. The second-order valence-electron chi connectivity index (χ2n) is 12.4. The molecule has 5 aromatic carbocycles. The van der Waals surface area contributed by atoms with E-state index in [0.717, 1.165) is 38.9 Å². The lowest BCUT2D eigenvalue weighted by Gasteiger charge is -2.37. The van der Waals surface area contributed by atoms with Crippen LogP contribution in [-0.4, -0.2) is 51.8 Å². The average molecular weight is 677 g/mol. The highest BCUT2D eigenvalue weighted by molar-refractivity contribution is 5.87. The van der Waals surface area contributed by atoms with Crippen LogP contribution in [0.15, 0.2) is 152 Å². The van der Waals surface area contributed by atoms with Gasteiger partial charge in [-0.3, -0.25) is 4.79 Å². The lowest BCUT2D eigenvalue weighted by molar-refractivity contribution is -0.141. The first-order chi connectivity index (χ1) is 24.9. The van der Waals surface area contributed by atoms with Gasteiger partial charge in [-0.1, -0.05) is 140 Å². The van der Waals surface area contributed by atoms with Crippen LogP contribution in [-0.2, 0) is 26.3 Å². The molecule has 1 atom stereocenters. The molecule has 0 saturated heterocycles. The third-order valence-electron chi connectivity index (χ3n) is 9.38. The molecule has 9 nitrogen and oxygen atoms in total. The van der Waals surface area contributed by atoms with E-state index in [9.17, 15) is 19.5 Å². The first-order valence-corrected chi connectivity index (χ1v) is 16.8. The number of carboxylic acid groups (broad SMARTS) is 1. The highest BCUT2D eigenvalue weighted by atomic mass is 16.5. The minimum atomic E-state index is -1.29. The second-order valence-corrected chi connectivity index (χ2v) is 12.4. The maximum absolute atomic E-state index is 12.9. The van der Waals surface area contributed by atoms with Crippen LogP contribution >= 0.6 is 0 Å². The number of amides is 2. The summed E-state index contributed by atoms with van der Waals surface area (Å²) in [7, 11) is 0. The molecule has 9 heteroatoms. The summed E-state index contributed by atoms with van der Waals surface area (Å²) in [5.41, 5.74) is 7.00. The smallest absolute Gasteiger partial charge is 0.407 e. The number of carbonyl (C=O) groups is 3. The van der Waals surface area contributed by atoms with Gasteiger partial charge in [-0.25, -0.2) is 14.6 Å². The van der Waals surface area contributed by atoms with E-state index in [1.165, 1.54) is 0 Å². The van der Waals surface area contributed by atoms with Gasteiger partial charge in [0.25, 0.3) is 0 Å². The molecular weight excluding hydrogens is 640 g/mol. The molecule has 0 saturated carbocycles. The van der Waals surface area contributed by atoms with Gasteiger partial charge in [-0.05, 0) is 38.9 Å². The summed E-state index contributed by atoms with van der Waals surface area (Å²) in [5, 5.41) is 15.0. The lowest BCUT2D eigenvalue weighted by Crippen LogP contribution is -2.46. The van der Waals surface area contributed by atoms with E-state index in [4.69, 9.17) is 4.74 Å². The Bertz CT molecular complexity index is 2010. The quantitative estimate of drug-likeness (QED) is 0.130. The highest BCUT2D eigenvalue weighted by Crippen LogP contribution is 2.44. The topological polar surface area (TPSA) is 123 Å². The fourth-order valence-electron chi connectivity index (χ4n) is 7.09. The van der Waals surface area contributed by atoms with E-state index >= 15 is 0 Å². The first-order valence-electron chi connectivity index (χ1n) is 16.8. The molecule has 0 unspecified atom stereocenters. The third kappa shape index (κ3) is 6.61. The number of nitrogens with zero attached hydrogens (tertiary/aromatic N) is 2. The van der Waals surface area contributed by atoms with Crippen molar-refractivity contribution in [3.8, 4) is 11.1 Å². The van der Waals surface area contributed by atoms with Crippen LogP contribution in [0.4, 0.5) is 4.79 Å². The van der Waals surface area contributed by atoms with E-state index < -0.39 is 36.1 Å². The summed E-state index contributed by atoms with van der Waals surface area (Å²) in [5.74, 6) is -2.01. The van der Waals surface area contributed by atoms with E-state index in [-0.39, 0.29) is 18.9 Å². The van der Waals surface area contributed by atoms with Crippen molar-refractivity contribution in [3.05, 3.63) is 186 Å². The third-order valence-corrected chi connectivity index (χ3v) is 9.38. The molecule has 7 rings (SSSR count). The van der Waals surface area contributed by atoms with E-state index in [1.807, 2.05) is 114 Å². The molecule has 51 heavy (non-hydrogen) atoms. The number of hydrogen-bond acceptors (Lipinski definition) is 5. The minimum absolute atomic E-state index is 0.0759. The van der Waals surface area contributed by atoms with Crippen molar-refractivity contribution in [3.63, 3.8) is 0 Å². The molecule has 2 amide bonds. The van der Waals surface area contributed by atoms with E-state index in [0.29, 0.717) is 5.69 Å². The van der Waals surface area contributed by atoms with Gasteiger partial charge < -0.3 is 25.0 Å². The van der Waals surface area contributed by atoms with Gasteiger partial charge in [-0.15, -0.1) is 0 Å². The van der Waals surface area contributed by atoms with Crippen molar-refractivity contribution in [2.75, 3.05) is 13.2 Å². The van der Waals surface area contributed by atoms with Gasteiger partial charge in [0, 0.05) is 18.5 Å². The zero-order chi connectivity index (χ0) is 35.2.